The van der Waals surface area contributed by atoms with Gasteiger partial charge in [0, 0.05) is 13.2 Å². The molecule has 0 amide bonds. The summed E-state index contributed by atoms with van der Waals surface area (Å²) >= 11 is 0. The van der Waals surface area contributed by atoms with E-state index in [2.05, 4.69) is 4.98 Å². The molecule has 0 aliphatic carbocycles. The first-order valence-corrected chi connectivity index (χ1v) is 11.7. The molecule has 1 aliphatic rings. The number of para-hydroxylation sites is 1. The molecule has 188 valence electrons. The molecule has 3 heterocycles. The molecule has 1 fully saturated rings. The number of aryl methyl sites for hydroxylation is 2. The Balaban J connectivity index is 1.73. The van der Waals surface area contributed by atoms with Gasteiger partial charge in [0.1, 0.15) is 0 Å². The van der Waals surface area contributed by atoms with Crippen LogP contribution in [0.15, 0.2) is 58.4 Å². The average Bonchev–Trinajstić information content (AvgIpc) is 3.48. The molecule has 0 saturated carbocycles. The zero-order valence-electron chi connectivity index (χ0n) is 19.9. The van der Waals surface area contributed by atoms with Crippen molar-refractivity contribution in [3.8, 4) is 5.69 Å². The molecule has 0 spiro atoms. The van der Waals surface area contributed by atoms with Gasteiger partial charge in [-0.2, -0.15) is 13.2 Å². The Morgan fingerprint density at radius 2 is 1.81 bits per heavy atom. The molecule has 2 aromatic carbocycles. The number of benzene rings is 2. The highest BCUT2D eigenvalue weighted by Crippen LogP contribution is 2.30. The van der Waals surface area contributed by atoms with Crippen LogP contribution in [0, 0.1) is 13.8 Å². The van der Waals surface area contributed by atoms with Gasteiger partial charge in [0.05, 0.1) is 30.2 Å². The molecule has 4 aromatic rings. The molecular formula is C26H25F3N4O3. The molecule has 1 aliphatic heterocycles. The minimum Gasteiger partial charge on any atom is -0.376 e. The predicted octanol–water partition coefficient (Wildman–Crippen LogP) is 4.21. The first-order chi connectivity index (χ1) is 17.1. The standard InChI is InChI=1S/C26H25F3N4O3/c1-16-6-3-7-17(2)21(16)33-23-22(24(34)32(25(33)35)14-20-10-5-11-36-20)31(15-30-23)13-18-8-4-9-19(12-18)26(27,28)29/h3-4,6-9,12,15,20H,5,10-11,13-14H2,1-2H3/t20-/m1/s1. The monoisotopic (exact) mass is 498 g/mol. The lowest BCUT2D eigenvalue weighted by atomic mass is 10.1. The number of ether oxygens (including phenoxy) is 1. The number of rotatable bonds is 5. The van der Waals surface area contributed by atoms with E-state index in [1.165, 1.54) is 21.5 Å². The Kier molecular flexibility index (Phi) is 6.07. The molecule has 1 atom stereocenters. The van der Waals surface area contributed by atoms with Crippen LogP contribution in [0.2, 0.25) is 0 Å². The highest BCUT2D eigenvalue weighted by atomic mass is 19.4. The van der Waals surface area contributed by atoms with Gasteiger partial charge in [-0.05, 0) is 55.5 Å². The van der Waals surface area contributed by atoms with E-state index in [1.807, 2.05) is 32.0 Å². The van der Waals surface area contributed by atoms with E-state index in [1.54, 1.807) is 6.07 Å². The summed E-state index contributed by atoms with van der Waals surface area (Å²) in [5, 5.41) is 0. The minimum absolute atomic E-state index is 0.0133. The number of hydrogen-bond acceptors (Lipinski definition) is 4. The SMILES string of the molecule is Cc1cccc(C)c1-n1c(=O)n(C[C@H]2CCCO2)c(=O)c2c1ncn2Cc1cccc(C(F)(F)F)c1. The summed E-state index contributed by atoms with van der Waals surface area (Å²) in [5.74, 6) is 0. The number of nitrogens with zero attached hydrogens (tertiary/aromatic N) is 4. The second kappa shape index (κ2) is 9.09. The first kappa shape index (κ1) is 24.1. The number of alkyl halides is 3. The molecule has 10 heteroatoms. The van der Waals surface area contributed by atoms with Gasteiger partial charge in [-0.15, -0.1) is 0 Å². The van der Waals surface area contributed by atoms with Crippen LogP contribution in [0.25, 0.3) is 16.9 Å². The summed E-state index contributed by atoms with van der Waals surface area (Å²) in [6, 6.07) is 10.6. The van der Waals surface area contributed by atoms with E-state index in [9.17, 15) is 22.8 Å². The molecular weight excluding hydrogens is 473 g/mol. The zero-order valence-corrected chi connectivity index (χ0v) is 19.9. The average molecular weight is 499 g/mol. The van der Waals surface area contributed by atoms with Gasteiger partial charge >= 0.3 is 11.9 Å². The zero-order chi connectivity index (χ0) is 25.6. The van der Waals surface area contributed by atoms with Crippen LogP contribution in [0.5, 0.6) is 0 Å². The second-order valence-electron chi connectivity index (χ2n) is 9.15. The molecule has 0 N–H and O–H groups in total. The van der Waals surface area contributed by atoms with E-state index in [0.717, 1.165) is 40.7 Å². The lowest BCUT2D eigenvalue weighted by Gasteiger charge is -2.18. The summed E-state index contributed by atoms with van der Waals surface area (Å²) in [6.45, 7) is 4.39. The van der Waals surface area contributed by atoms with Crippen LogP contribution in [-0.4, -0.2) is 31.4 Å². The summed E-state index contributed by atoms with van der Waals surface area (Å²) in [4.78, 5) is 31.8. The van der Waals surface area contributed by atoms with E-state index < -0.39 is 23.0 Å². The summed E-state index contributed by atoms with van der Waals surface area (Å²) < 4.78 is 49.5. The molecule has 0 radical (unpaired) electrons. The number of halogens is 3. The number of hydrogen-bond donors (Lipinski definition) is 0. The van der Waals surface area contributed by atoms with Crippen molar-refractivity contribution in [2.75, 3.05) is 6.61 Å². The topological polar surface area (TPSA) is 71.1 Å². The summed E-state index contributed by atoms with van der Waals surface area (Å²) in [7, 11) is 0. The predicted molar refractivity (Wildman–Crippen MR) is 129 cm³/mol. The van der Waals surface area contributed by atoms with Gasteiger partial charge in [-0.3, -0.25) is 9.36 Å². The maximum Gasteiger partial charge on any atom is 0.416 e. The van der Waals surface area contributed by atoms with Gasteiger partial charge < -0.3 is 9.30 Å². The number of imidazole rings is 1. The fourth-order valence-corrected chi connectivity index (χ4v) is 4.86. The van der Waals surface area contributed by atoms with Gasteiger partial charge in [0.25, 0.3) is 5.56 Å². The van der Waals surface area contributed by atoms with Crippen molar-refractivity contribution < 1.29 is 17.9 Å². The maximum absolute atomic E-state index is 13.7. The van der Waals surface area contributed by atoms with Crippen LogP contribution in [-0.2, 0) is 24.0 Å². The molecule has 0 bridgehead atoms. The minimum atomic E-state index is -4.48. The smallest absolute Gasteiger partial charge is 0.376 e. The quantitative estimate of drug-likeness (QED) is 0.413. The molecule has 2 aromatic heterocycles. The van der Waals surface area contributed by atoms with Crippen molar-refractivity contribution in [2.45, 2.75) is 52.1 Å². The largest absolute Gasteiger partial charge is 0.416 e. The number of aromatic nitrogens is 4. The van der Waals surface area contributed by atoms with Gasteiger partial charge in [-0.1, -0.05) is 30.3 Å². The number of fused-ring (bicyclic) bond motifs is 1. The molecule has 1 saturated heterocycles. The van der Waals surface area contributed by atoms with Crippen molar-refractivity contribution >= 4 is 11.2 Å². The van der Waals surface area contributed by atoms with Gasteiger partial charge in [0.15, 0.2) is 11.2 Å². The Hall–Kier alpha value is -3.66. The van der Waals surface area contributed by atoms with Crippen LogP contribution in [0.1, 0.15) is 35.1 Å². The highest BCUT2D eigenvalue weighted by Gasteiger charge is 2.30. The van der Waals surface area contributed by atoms with Crippen molar-refractivity contribution in [1.82, 2.24) is 18.7 Å². The normalized spacial score (nSPS) is 16.2. The van der Waals surface area contributed by atoms with Crippen molar-refractivity contribution in [2.24, 2.45) is 0 Å². The summed E-state index contributed by atoms with van der Waals surface area (Å²) in [5.41, 5.74) is 1.11. The van der Waals surface area contributed by atoms with Crippen molar-refractivity contribution in [3.63, 3.8) is 0 Å². The van der Waals surface area contributed by atoms with Crippen LogP contribution >= 0.6 is 0 Å². The Morgan fingerprint density at radius 1 is 1.08 bits per heavy atom. The highest BCUT2D eigenvalue weighted by molar-refractivity contribution is 5.73. The molecule has 7 nitrogen and oxygen atoms in total. The Bertz CT molecular complexity index is 1540. The summed E-state index contributed by atoms with van der Waals surface area (Å²) in [6.07, 6.45) is -1.77. The Morgan fingerprint density at radius 3 is 2.47 bits per heavy atom. The third-order valence-electron chi connectivity index (χ3n) is 6.58. The fraction of sp³-hybridized carbons (Fsp3) is 0.346. The molecule has 0 unspecified atom stereocenters. The first-order valence-electron chi connectivity index (χ1n) is 11.7. The van der Waals surface area contributed by atoms with E-state index in [-0.39, 0.29) is 30.4 Å². The lowest BCUT2D eigenvalue weighted by molar-refractivity contribution is -0.137. The Labute approximate surface area is 204 Å². The second-order valence-corrected chi connectivity index (χ2v) is 9.15. The van der Waals surface area contributed by atoms with Crippen molar-refractivity contribution in [3.05, 3.63) is 91.9 Å². The van der Waals surface area contributed by atoms with Crippen LogP contribution in [0.4, 0.5) is 13.2 Å². The van der Waals surface area contributed by atoms with E-state index >= 15 is 0 Å². The van der Waals surface area contributed by atoms with Crippen LogP contribution in [0.3, 0.4) is 0 Å². The van der Waals surface area contributed by atoms with E-state index in [4.69, 9.17) is 4.74 Å². The third-order valence-corrected chi connectivity index (χ3v) is 6.58. The van der Waals surface area contributed by atoms with Crippen LogP contribution < -0.4 is 11.2 Å². The van der Waals surface area contributed by atoms with Gasteiger partial charge in [-0.25, -0.2) is 14.3 Å². The third kappa shape index (κ3) is 4.26. The van der Waals surface area contributed by atoms with E-state index in [0.29, 0.717) is 17.9 Å². The molecule has 5 rings (SSSR count). The molecule has 36 heavy (non-hydrogen) atoms. The maximum atomic E-state index is 13.7. The lowest BCUT2D eigenvalue weighted by Crippen LogP contribution is -2.42. The van der Waals surface area contributed by atoms with Crippen molar-refractivity contribution in [1.29, 1.82) is 0 Å². The van der Waals surface area contributed by atoms with Gasteiger partial charge in [0.2, 0.25) is 0 Å². The fourth-order valence-electron chi connectivity index (χ4n) is 4.86.